The van der Waals surface area contributed by atoms with E-state index in [4.69, 9.17) is 10.4 Å². The summed E-state index contributed by atoms with van der Waals surface area (Å²) in [6.07, 6.45) is 0. The highest BCUT2D eigenvalue weighted by Crippen LogP contribution is 2.23. The molecule has 2 rings (SSSR count). The van der Waals surface area contributed by atoms with E-state index >= 15 is 0 Å². The number of aromatic nitrogens is 2. The number of hydrogen-bond donors (Lipinski definition) is 1. The van der Waals surface area contributed by atoms with Gasteiger partial charge in [0.05, 0.1) is 5.75 Å². The van der Waals surface area contributed by atoms with Gasteiger partial charge in [-0.05, 0) is 24.3 Å². The highest BCUT2D eigenvalue weighted by Gasteiger charge is 2.06. The minimum absolute atomic E-state index is 0.135. The van der Waals surface area contributed by atoms with Crippen LogP contribution in [0.25, 0.3) is 0 Å². The summed E-state index contributed by atoms with van der Waals surface area (Å²) in [6.45, 7) is 0.135. The fourth-order valence-electron chi connectivity index (χ4n) is 1.16. The van der Waals surface area contributed by atoms with E-state index in [1.807, 2.05) is 24.3 Å². The molecule has 17 heavy (non-hydrogen) atoms. The van der Waals surface area contributed by atoms with Gasteiger partial charge in [-0.3, -0.25) is 4.84 Å². The molecule has 0 saturated heterocycles. The molecule has 0 atom stereocenters. The molecule has 0 unspecified atom stereocenters. The quantitative estimate of drug-likeness (QED) is 0.675. The Balaban J connectivity index is 1.90. The lowest BCUT2D eigenvalue weighted by Crippen LogP contribution is -1.98. The van der Waals surface area contributed by atoms with Gasteiger partial charge < -0.3 is 4.52 Å². The highest BCUT2D eigenvalue weighted by molar-refractivity contribution is 9.10. The predicted molar refractivity (Wildman–Crippen MR) is 67.0 cm³/mol. The van der Waals surface area contributed by atoms with Crippen LogP contribution in [0.3, 0.4) is 0 Å². The van der Waals surface area contributed by atoms with E-state index in [1.54, 1.807) is 11.8 Å². The molecule has 1 aromatic carbocycles. The first-order chi connectivity index (χ1) is 8.28. The molecular weight excluding hydrogens is 306 g/mol. The third-order valence-corrected chi connectivity index (χ3v) is 3.44. The molecule has 0 amide bonds. The molecule has 0 fully saturated rings. The van der Waals surface area contributed by atoms with Gasteiger partial charge in [0.2, 0.25) is 0 Å². The van der Waals surface area contributed by atoms with Crippen molar-refractivity contribution in [2.24, 2.45) is 5.90 Å². The van der Waals surface area contributed by atoms with Crippen molar-refractivity contribution in [2.75, 3.05) is 0 Å². The van der Waals surface area contributed by atoms with Gasteiger partial charge in [0.1, 0.15) is 6.61 Å². The normalized spacial score (nSPS) is 10.7. The van der Waals surface area contributed by atoms with Crippen LogP contribution in [0.1, 0.15) is 11.7 Å². The Morgan fingerprint density at radius 3 is 2.82 bits per heavy atom. The maximum Gasteiger partial charge on any atom is 0.254 e. The zero-order valence-electron chi connectivity index (χ0n) is 8.80. The van der Waals surface area contributed by atoms with Crippen LogP contribution in [-0.2, 0) is 17.2 Å². The van der Waals surface area contributed by atoms with Crippen LogP contribution >= 0.6 is 27.7 Å². The second kappa shape index (κ2) is 6.15. The molecule has 0 aliphatic heterocycles. The molecule has 0 aliphatic carbocycles. The summed E-state index contributed by atoms with van der Waals surface area (Å²) in [5.74, 6) is 6.58. The molecule has 2 N–H and O–H groups in total. The molecule has 5 nitrogen and oxygen atoms in total. The number of rotatable bonds is 5. The van der Waals surface area contributed by atoms with Crippen LogP contribution in [-0.4, -0.2) is 10.1 Å². The van der Waals surface area contributed by atoms with Crippen molar-refractivity contribution in [3.8, 4) is 0 Å². The van der Waals surface area contributed by atoms with Crippen LogP contribution in [0.15, 0.2) is 38.2 Å². The molecular formula is C10H10BrN3O2S. The van der Waals surface area contributed by atoms with Crippen LogP contribution in [0.4, 0.5) is 0 Å². The third kappa shape index (κ3) is 3.81. The van der Waals surface area contributed by atoms with Gasteiger partial charge in [0, 0.05) is 9.37 Å². The maximum absolute atomic E-state index is 4.93. The van der Waals surface area contributed by atoms with Crippen LogP contribution in [0.2, 0.25) is 0 Å². The van der Waals surface area contributed by atoms with E-state index < -0.39 is 0 Å². The molecule has 0 bridgehead atoms. The standard InChI is InChI=1S/C10H10BrN3O2S/c11-7-1-3-8(4-2-7)17-6-9-13-10(5-15-12)16-14-9/h1-4H,5-6,12H2. The number of benzene rings is 1. The van der Waals surface area contributed by atoms with Gasteiger partial charge in [-0.2, -0.15) is 4.98 Å². The molecule has 0 aliphatic rings. The summed E-state index contributed by atoms with van der Waals surface area (Å²) in [5, 5.41) is 3.82. The number of hydrogen-bond acceptors (Lipinski definition) is 6. The van der Waals surface area contributed by atoms with E-state index in [0.29, 0.717) is 17.5 Å². The van der Waals surface area contributed by atoms with Gasteiger partial charge >= 0.3 is 0 Å². The number of nitrogens with zero attached hydrogens (tertiary/aromatic N) is 2. The van der Waals surface area contributed by atoms with Gasteiger partial charge in [-0.1, -0.05) is 21.1 Å². The lowest BCUT2D eigenvalue weighted by Gasteiger charge is -1.97. The number of nitrogens with two attached hydrogens (primary N) is 1. The SMILES string of the molecule is NOCc1nc(CSc2ccc(Br)cc2)no1. The van der Waals surface area contributed by atoms with Crippen molar-refractivity contribution < 1.29 is 9.36 Å². The van der Waals surface area contributed by atoms with Crippen molar-refractivity contribution in [1.29, 1.82) is 0 Å². The lowest BCUT2D eigenvalue weighted by molar-refractivity contribution is 0.0995. The van der Waals surface area contributed by atoms with Crippen LogP contribution in [0, 0.1) is 0 Å². The summed E-state index contributed by atoms with van der Waals surface area (Å²) < 4.78 is 5.98. The fraction of sp³-hybridized carbons (Fsp3) is 0.200. The van der Waals surface area contributed by atoms with Gasteiger partial charge in [0.15, 0.2) is 5.82 Å². The lowest BCUT2D eigenvalue weighted by atomic mass is 10.4. The van der Waals surface area contributed by atoms with Crippen LogP contribution < -0.4 is 5.90 Å². The molecule has 90 valence electrons. The molecule has 2 aromatic rings. The molecule has 7 heteroatoms. The Hall–Kier alpha value is -0.890. The first-order valence-electron chi connectivity index (χ1n) is 4.79. The first kappa shape index (κ1) is 12.6. The Kier molecular flexibility index (Phi) is 4.55. The van der Waals surface area contributed by atoms with Crippen molar-refractivity contribution >= 4 is 27.7 Å². The van der Waals surface area contributed by atoms with Crippen LogP contribution in [0.5, 0.6) is 0 Å². The van der Waals surface area contributed by atoms with Gasteiger partial charge in [-0.15, -0.1) is 11.8 Å². The first-order valence-corrected chi connectivity index (χ1v) is 6.57. The molecule has 1 aromatic heterocycles. The summed E-state index contributed by atoms with van der Waals surface area (Å²) >= 11 is 5.02. The third-order valence-electron chi connectivity index (χ3n) is 1.90. The summed E-state index contributed by atoms with van der Waals surface area (Å²) in [4.78, 5) is 9.68. The number of thioether (sulfide) groups is 1. The Morgan fingerprint density at radius 1 is 1.35 bits per heavy atom. The van der Waals surface area contributed by atoms with Gasteiger partial charge in [0.25, 0.3) is 5.89 Å². The fourth-order valence-corrected chi connectivity index (χ4v) is 2.16. The molecule has 0 spiro atoms. The van der Waals surface area contributed by atoms with E-state index in [-0.39, 0.29) is 6.61 Å². The Morgan fingerprint density at radius 2 is 2.12 bits per heavy atom. The monoisotopic (exact) mass is 315 g/mol. The van der Waals surface area contributed by atoms with Crippen molar-refractivity contribution in [3.05, 3.63) is 40.5 Å². The highest BCUT2D eigenvalue weighted by atomic mass is 79.9. The summed E-state index contributed by atoms with van der Waals surface area (Å²) in [6, 6.07) is 8.04. The Bertz CT molecular complexity index is 475. The smallest absolute Gasteiger partial charge is 0.254 e. The zero-order chi connectivity index (χ0) is 12.1. The van der Waals surface area contributed by atoms with Crippen molar-refractivity contribution in [2.45, 2.75) is 17.3 Å². The zero-order valence-corrected chi connectivity index (χ0v) is 11.2. The van der Waals surface area contributed by atoms with Gasteiger partial charge in [-0.25, -0.2) is 5.90 Å². The average Bonchev–Trinajstić information content (AvgIpc) is 2.77. The second-order valence-corrected chi connectivity index (χ2v) is 5.12. The minimum Gasteiger partial charge on any atom is -0.337 e. The van der Waals surface area contributed by atoms with E-state index in [2.05, 4.69) is 30.9 Å². The summed E-state index contributed by atoms with van der Waals surface area (Å²) in [5.41, 5.74) is 0. The average molecular weight is 316 g/mol. The predicted octanol–water partition coefficient (Wildman–Crippen LogP) is 2.51. The number of halogens is 1. The maximum atomic E-state index is 4.93. The molecule has 0 saturated carbocycles. The second-order valence-electron chi connectivity index (χ2n) is 3.16. The molecule has 1 heterocycles. The van der Waals surface area contributed by atoms with Crippen molar-refractivity contribution in [1.82, 2.24) is 10.1 Å². The van der Waals surface area contributed by atoms with E-state index in [9.17, 15) is 0 Å². The minimum atomic E-state index is 0.135. The molecule has 0 radical (unpaired) electrons. The Labute approximate surface area is 111 Å². The van der Waals surface area contributed by atoms with Crippen molar-refractivity contribution in [3.63, 3.8) is 0 Å². The topological polar surface area (TPSA) is 74.2 Å². The summed E-state index contributed by atoms with van der Waals surface area (Å²) in [7, 11) is 0. The largest absolute Gasteiger partial charge is 0.337 e. The van der Waals surface area contributed by atoms with E-state index in [1.165, 1.54) is 0 Å². The van der Waals surface area contributed by atoms with E-state index in [0.717, 1.165) is 9.37 Å².